The van der Waals surface area contributed by atoms with E-state index in [1.54, 1.807) is 11.3 Å². The quantitative estimate of drug-likeness (QED) is 0.759. The van der Waals surface area contributed by atoms with Crippen molar-refractivity contribution in [2.45, 2.75) is 26.3 Å². The molecule has 0 amide bonds. The first-order valence-electron chi connectivity index (χ1n) is 4.96. The van der Waals surface area contributed by atoms with Crippen LogP contribution in [-0.4, -0.2) is 23.2 Å². The van der Waals surface area contributed by atoms with Gasteiger partial charge in [0.2, 0.25) is 0 Å². The molecule has 0 aliphatic rings. The van der Waals surface area contributed by atoms with E-state index < -0.39 is 0 Å². The van der Waals surface area contributed by atoms with E-state index in [1.165, 1.54) is 4.88 Å². The lowest BCUT2D eigenvalue weighted by Crippen LogP contribution is -2.24. The van der Waals surface area contributed by atoms with E-state index in [0.717, 1.165) is 13.0 Å². The van der Waals surface area contributed by atoms with Crippen molar-refractivity contribution >= 4 is 11.3 Å². The van der Waals surface area contributed by atoms with Crippen LogP contribution >= 0.6 is 11.3 Å². The van der Waals surface area contributed by atoms with Gasteiger partial charge >= 0.3 is 0 Å². The molecule has 14 heavy (non-hydrogen) atoms. The molecule has 0 spiro atoms. The number of hydrogen-bond acceptors (Lipinski definition) is 4. The average molecular weight is 214 g/mol. The minimum Gasteiger partial charge on any atom is -0.396 e. The lowest BCUT2D eigenvalue weighted by Gasteiger charge is -2.15. The van der Waals surface area contributed by atoms with Gasteiger partial charge in [-0.3, -0.25) is 4.98 Å². The first kappa shape index (κ1) is 11.6. The molecular weight excluding hydrogens is 196 g/mol. The summed E-state index contributed by atoms with van der Waals surface area (Å²) < 4.78 is 0. The number of aliphatic hydroxyl groups is 1. The van der Waals surface area contributed by atoms with Crippen LogP contribution in [0.3, 0.4) is 0 Å². The SMILES string of the molecule is CC(CCO)CNC(C)c1cncs1. The summed E-state index contributed by atoms with van der Waals surface area (Å²) in [5, 5.41) is 12.2. The molecular formula is C10H18N2OS. The maximum absolute atomic E-state index is 8.75. The zero-order chi connectivity index (χ0) is 10.4. The van der Waals surface area contributed by atoms with Crippen molar-refractivity contribution in [2.24, 2.45) is 5.92 Å². The van der Waals surface area contributed by atoms with Gasteiger partial charge in [0.15, 0.2) is 0 Å². The summed E-state index contributed by atoms with van der Waals surface area (Å²) in [6.07, 6.45) is 2.77. The maximum Gasteiger partial charge on any atom is 0.0794 e. The van der Waals surface area contributed by atoms with Gasteiger partial charge in [0.05, 0.1) is 5.51 Å². The highest BCUT2D eigenvalue weighted by Crippen LogP contribution is 2.16. The Morgan fingerprint density at radius 2 is 2.36 bits per heavy atom. The van der Waals surface area contributed by atoms with Gasteiger partial charge in [0.25, 0.3) is 0 Å². The molecule has 1 rings (SSSR count). The van der Waals surface area contributed by atoms with E-state index in [0.29, 0.717) is 12.0 Å². The highest BCUT2D eigenvalue weighted by atomic mass is 32.1. The number of nitrogens with one attached hydrogen (secondary N) is 1. The monoisotopic (exact) mass is 214 g/mol. The Kier molecular flexibility index (Phi) is 5.07. The van der Waals surface area contributed by atoms with Crippen LogP contribution in [0.4, 0.5) is 0 Å². The van der Waals surface area contributed by atoms with Crippen LogP contribution in [0, 0.1) is 5.92 Å². The van der Waals surface area contributed by atoms with E-state index >= 15 is 0 Å². The van der Waals surface area contributed by atoms with Gasteiger partial charge in [-0.2, -0.15) is 0 Å². The first-order valence-corrected chi connectivity index (χ1v) is 5.84. The molecule has 0 aliphatic carbocycles. The standard InChI is InChI=1S/C10H18N2OS/c1-8(3-4-13)5-12-9(2)10-6-11-7-14-10/h6-9,12-13H,3-5H2,1-2H3. The number of thiazole rings is 1. The van der Waals surface area contributed by atoms with Gasteiger partial charge in [0.1, 0.15) is 0 Å². The molecule has 0 bridgehead atoms. The van der Waals surface area contributed by atoms with E-state index in [1.807, 2.05) is 11.7 Å². The Morgan fingerprint density at radius 1 is 1.57 bits per heavy atom. The molecule has 0 saturated heterocycles. The molecule has 1 aromatic rings. The third-order valence-corrected chi connectivity index (χ3v) is 3.23. The Hall–Kier alpha value is -0.450. The van der Waals surface area contributed by atoms with Crippen molar-refractivity contribution in [2.75, 3.05) is 13.2 Å². The normalized spacial score (nSPS) is 15.4. The van der Waals surface area contributed by atoms with Crippen LogP contribution in [0.2, 0.25) is 0 Å². The number of rotatable bonds is 6. The number of nitrogens with zero attached hydrogens (tertiary/aromatic N) is 1. The molecule has 1 aromatic heterocycles. The zero-order valence-corrected chi connectivity index (χ0v) is 9.55. The topological polar surface area (TPSA) is 45.1 Å². The van der Waals surface area contributed by atoms with Crippen LogP contribution in [-0.2, 0) is 0 Å². The fourth-order valence-corrected chi connectivity index (χ4v) is 1.89. The summed E-state index contributed by atoms with van der Waals surface area (Å²) in [6, 6.07) is 0.364. The third kappa shape index (κ3) is 3.74. The first-order chi connectivity index (χ1) is 6.74. The fraction of sp³-hybridized carbons (Fsp3) is 0.700. The van der Waals surface area contributed by atoms with Crippen molar-refractivity contribution in [1.29, 1.82) is 0 Å². The zero-order valence-electron chi connectivity index (χ0n) is 8.73. The minimum atomic E-state index is 0.276. The molecule has 0 fully saturated rings. The lowest BCUT2D eigenvalue weighted by molar-refractivity contribution is 0.258. The van der Waals surface area contributed by atoms with Crippen molar-refractivity contribution in [3.63, 3.8) is 0 Å². The van der Waals surface area contributed by atoms with E-state index in [9.17, 15) is 0 Å². The molecule has 0 radical (unpaired) electrons. The van der Waals surface area contributed by atoms with Gasteiger partial charge in [-0.05, 0) is 25.8 Å². The van der Waals surface area contributed by atoms with Crippen LogP contribution in [0.1, 0.15) is 31.2 Å². The molecule has 2 atom stereocenters. The highest BCUT2D eigenvalue weighted by molar-refractivity contribution is 7.09. The molecule has 0 aromatic carbocycles. The predicted molar refractivity (Wildman–Crippen MR) is 59.4 cm³/mol. The van der Waals surface area contributed by atoms with E-state index in [-0.39, 0.29) is 6.61 Å². The lowest BCUT2D eigenvalue weighted by atomic mass is 10.1. The smallest absolute Gasteiger partial charge is 0.0794 e. The number of hydrogen-bond donors (Lipinski definition) is 2. The van der Waals surface area contributed by atoms with Crippen molar-refractivity contribution in [3.8, 4) is 0 Å². The highest BCUT2D eigenvalue weighted by Gasteiger charge is 2.08. The second-order valence-corrected chi connectivity index (χ2v) is 4.57. The Labute approximate surface area is 89.2 Å². The summed E-state index contributed by atoms with van der Waals surface area (Å²) in [7, 11) is 0. The minimum absolute atomic E-state index is 0.276. The number of aromatic nitrogens is 1. The van der Waals surface area contributed by atoms with Crippen LogP contribution < -0.4 is 5.32 Å². The Morgan fingerprint density at radius 3 is 2.93 bits per heavy atom. The van der Waals surface area contributed by atoms with Gasteiger partial charge < -0.3 is 10.4 Å². The van der Waals surface area contributed by atoms with E-state index in [4.69, 9.17) is 5.11 Å². The molecule has 2 N–H and O–H groups in total. The van der Waals surface area contributed by atoms with E-state index in [2.05, 4.69) is 24.1 Å². The molecule has 0 saturated carbocycles. The Bertz CT molecular complexity index is 238. The Balaban J connectivity index is 2.24. The van der Waals surface area contributed by atoms with Crippen molar-refractivity contribution in [3.05, 3.63) is 16.6 Å². The second kappa shape index (κ2) is 6.11. The largest absolute Gasteiger partial charge is 0.396 e. The van der Waals surface area contributed by atoms with Gasteiger partial charge in [-0.15, -0.1) is 11.3 Å². The number of aliphatic hydroxyl groups excluding tert-OH is 1. The summed E-state index contributed by atoms with van der Waals surface area (Å²) in [4.78, 5) is 5.31. The molecule has 2 unspecified atom stereocenters. The van der Waals surface area contributed by atoms with Crippen molar-refractivity contribution < 1.29 is 5.11 Å². The van der Waals surface area contributed by atoms with Gasteiger partial charge in [-0.25, -0.2) is 0 Å². The second-order valence-electron chi connectivity index (χ2n) is 3.65. The summed E-state index contributed by atoms with van der Waals surface area (Å²) in [6.45, 7) is 5.50. The summed E-state index contributed by atoms with van der Waals surface area (Å²) in [5.41, 5.74) is 1.85. The van der Waals surface area contributed by atoms with Gasteiger partial charge in [0, 0.05) is 23.7 Å². The molecule has 4 heteroatoms. The molecule has 1 heterocycles. The van der Waals surface area contributed by atoms with Gasteiger partial charge in [-0.1, -0.05) is 6.92 Å². The summed E-state index contributed by atoms with van der Waals surface area (Å²) >= 11 is 1.67. The maximum atomic E-state index is 8.75. The predicted octanol–water partition coefficient (Wildman–Crippen LogP) is 1.81. The molecule has 80 valence electrons. The molecule has 0 aliphatic heterocycles. The van der Waals surface area contributed by atoms with Crippen molar-refractivity contribution in [1.82, 2.24) is 10.3 Å². The third-order valence-electron chi connectivity index (χ3n) is 2.27. The fourth-order valence-electron chi connectivity index (χ4n) is 1.24. The summed E-state index contributed by atoms with van der Waals surface area (Å²) in [5.74, 6) is 0.523. The van der Waals surface area contributed by atoms with Crippen LogP contribution in [0.5, 0.6) is 0 Å². The van der Waals surface area contributed by atoms with Crippen LogP contribution in [0.25, 0.3) is 0 Å². The van der Waals surface area contributed by atoms with Crippen LogP contribution in [0.15, 0.2) is 11.7 Å². The average Bonchev–Trinajstić information content (AvgIpc) is 2.67. The molecule has 3 nitrogen and oxygen atoms in total.